The van der Waals surface area contributed by atoms with Crippen LogP contribution in [0.25, 0.3) is 0 Å². The normalized spacial score (nSPS) is 13.2. The molecule has 0 aliphatic carbocycles. The molecule has 1 amide bonds. The first-order valence-electron chi connectivity index (χ1n) is 9.92. The maximum Gasteiger partial charge on any atom is 0.318 e. The molecule has 3 aromatic carbocycles. The van der Waals surface area contributed by atoms with Gasteiger partial charge in [0.15, 0.2) is 11.9 Å². The molecule has 6 heteroatoms. The van der Waals surface area contributed by atoms with Gasteiger partial charge < -0.3 is 14.8 Å². The molecular weight excluding hydrogens is 394 g/mol. The number of rotatable bonds is 5. The summed E-state index contributed by atoms with van der Waals surface area (Å²) >= 11 is 0. The summed E-state index contributed by atoms with van der Waals surface area (Å²) in [5.41, 5.74) is 2.45. The predicted octanol–water partition coefficient (Wildman–Crippen LogP) is 4.70. The summed E-state index contributed by atoms with van der Waals surface area (Å²) in [4.78, 5) is 37.1. The van der Waals surface area contributed by atoms with Crippen molar-refractivity contribution < 1.29 is 23.9 Å². The first kappa shape index (κ1) is 20.3. The number of ketones is 1. The fraction of sp³-hybridized carbons (Fsp3) is 0.160. The number of Topliss-reactive ketones (excluding diaryl/α,β-unsaturated/α-hetero) is 1. The standard InChI is InChI=1S/C25H21NO5/c1-15(27)17-11-13-18(14-12-17)26-24(28)16(2)30-25(29)23-19-7-3-5-9-21(19)31-22-10-6-4-8-20(22)23/h3-14,16,23H,1-2H3,(H,26,28)/t16-/m1/s1. The lowest BCUT2D eigenvalue weighted by Crippen LogP contribution is -2.32. The number of ether oxygens (including phenoxy) is 2. The monoisotopic (exact) mass is 415 g/mol. The number of benzene rings is 3. The third-order valence-electron chi connectivity index (χ3n) is 5.14. The number of nitrogens with one attached hydrogen (secondary N) is 1. The molecule has 0 saturated heterocycles. The van der Waals surface area contributed by atoms with Gasteiger partial charge in [-0.3, -0.25) is 14.4 Å². The van der Waals surface area contributed by atoms with Crippen LogP contribution >= 0.6 is 0 Å². The molecule has 31 heavy (non-hydrogen) atoms. The molecule has 0 saturated carbocycles. The molecule has 1 atom stereocenters. The smallest absolute Gasteiger partial charge is 0.318 e. The number of para-hydroxylation sites is 2. The van der Waals surface area contributed by atoms with Crippen molar-refractivity contribution >= 4 is 23.3 Å². The van der Waals surface area contributed by atoms with Crippen molar-refractivity contribution in [2.45, 2.75) is 25.9 Å². The molecule has 0 spiro atoms. The lowest BCUT2D eigenvalue weighted by Gasteiger charge is -2.27. The Balaban J connectivity index is 1.50. The Hall–Kier alpha value is -3.93. The van der Waals surface area contributed by atoms with Crippen LogP contribution in [-0.2, 0) is 14.3 Å². The lowest BCUT2D eigenvalue weighted by molar-refractivity contribution is -0.153. The zero-order valence-corrected chi connectivity index (χ0v) is 17.1. The van der Waals surface area contributed by atoms with E-state index in [0.717, 1.165) is 0 Å². The highest BCUT2D eigenvalue weighted by molar-refractivity contribution is 5.97. The van der Waals surface area contributed by atoms with E-state index in [-0.39, 0.29) is 5.78 Å². The van der Waals surface area contributed by atoms with Crippen LogP contribution < -0.4 is 10.1 Å². The van der Waals surface area contributed by atoms with E-state index in [1.807, 2.05) is 36.4 Å². The van der Waals surface area contributed by atoms with E-state index < -0.39 is 23.9 Å². The summed E-state index contributed by atoms with van der Waals surface area (Å²) in [6, 6.07) is 21.1. The Labute approximate surface area is 179 Å². The number of hydrogen-bond acceptors (Lipinski definition) is 5. The van der Waals surface area contributed by atoms with Gasteiger partial charge in [-0.05, 0) is 50.2 Å². The second-order valence-corrected chi connectivity index (χ2v) is 7.31. The molecule has 6 nitrogen and oxygen atoms in total. The molecule has 0 bridgehead atoms. The highest BCUT2D eigenvalue weighted by atomic mass is 16.5. The molecule has 1 aliphatic rings. The van der Waals surface area contributed by atoms with Crippen LogP contribution in [-0.4, -0.2) is 23.8 Å². The zero-order chi connectivity index (χ0) is 22.0. The van der Waals surface area contributed by atoms with Crippen LogP contribution in [0, 0.1) is 0 Å². The second-order valence-electron chi connectivity index (χ2n) is 7.31. The van der Waals surface area contributed by atoms with E-state index in [0.29, 0.717) is 33.9 Å². The number of anilines is 1. The van der Waals surface area contributed by atoms with Gasteiger partial charge in [0.25, 0.3) is 5.91 Å². The van der Waals surface area contributed by atoms with E-state index in [1.54, 1.807) is 36.4 Å². The minimum Gasteiger partial charge on any atom is -0.457 e. The SMILES string of the molecule is CC(=O)c1ccc(NC(=O)[C@@H](C)OC(=O)C2c3ccccc3Oc3ccccc32)cc1. The molecule has 0 unspecified atom stereocenters. The van der Waals surface area contributed by atoms with Gasteiger partial charge in [0.05, 0.1) is 0 Å². The van der Waals surface area contributed by atoms with Crippen molar-refractivity contribution in [3.8, 4) is 11.5 Å². The van der Waals surface area contributed by atoms with Crippen LogP contribution in [0.5, 0.6) is 11.5 Å². The van der Waals surface area contributed by atoms with E-state index in [1.165, 1.54) is 13.8 Å². The van der Waals surface area contributed by atoms with Crippen molar-refractivity contribution in [3.05, 3.63) is 89.5 Å². The summed E-state index contributed by atoms with van der Waals surface area (Å²) in [5, 5.41) is 2.70. The minimum atomic E-state index is -1.01. The molecule has 0 fully saturated rings. The maximum atomic E-state index is 13.1. The third-order valence-corrected chi connectivity index (χ3v) is 5.14. The highest BCUT2D eigenvalue weighted by Crippen LogP contribution is 2.44. The van der Waals surface area contributed by atoms with Crippen molar-refractivity contribution in [2.24, 2.45) is 0 Å². The van der Waals surface area contributed by atoms with E-state index in [4.69, 9.17) is 9.47 Å². The predicted molar refractivity (Wildman–Crippen MR) is 115 cm³/mol. The zero-order valence-electron chi connectivity index (χ0n) is 17.1. The van der Waals surface area contributed by atoms with Gasteiger partial charge >= 0.3 is 5.97 Å². The van der Waals surface area contributed by atoms with Gasteiger partial charge in [0.1, 0.15) is 17.4 Å². The number of esters is 1. The first-order chi connectivity index (χ1) is 14.9. The fourth-order valence-corrected chi connectivity index (χ4v) is 3.49. The van der Waals surface area contributed by atoms with Gasteiger partial charge in [-0.15, -0.1) is 0 Å². The number of carbonyl (C=O) groups is 3. The topological polar surface area (TPSA) is 81.7 Å². The van der Waals surface area contributed by atoms with Gasteiger partial charge in [0.2, 0.25) is 0 Å². The van der Waals surface area contributed by atoms with E-state index in [9.17, 15) is 14.4 Å². The average molecular weight is 415 g/mol. The van der Waals surface area contributed by atoms with Crippen LogP contribution in [0.4, 0.5) is 5.69 Å². The van der Waals surface area contributed by atoms with Crippen molar-refractivity contribution in [2.75, 3.05) is 5.32 Å². The minimum absolute atomic E-state index is 0.0581. The molecule has 0 aromatic heterocycles. The molecule has 0 radical (unpaired) electrons. The average Bonchev–Trinajstić information content (AvgIpc) is 2.77. The van der Waals surface area contributed by atoms with E-state index >= 15 is 0 Å². The molecule has 156 valence electrons. The van der Waals surface area contributed by atoms with Gasteiger partial charge in [-0.1, -0.05) is 36.4 Å². The van der Waals surface area contributed by atoms with Gasteiger partial charge in [-0.2, -0.15) is 0 Å². The number of carbonyl (C=O) groups excluding carboxylic acids is 3. The Bertz CT molecular complexity index is 1110. The van der Waals surface area contributed by atoms with Crippen molar-refractivity contribution in [1.82, 2.24) is 0 Å². The van der Waals surface area contributed by atoms with Crippen LogP contribution in [0.2, 0.25) is 0 Å². The summed E-state index contributed by atoms with van der Waals surface area (Å²) in [6.45, 7) is 3.00. The molecule has 1 heterocycles. The Morgan fingerprint density at radius 3 is 1.97 bits per heavy atom. The molecule has 1 N–H and O–H groups in total. The van der Waals surface area contributed by atoms with Gasteiger partial charge in [-0.25, -0.2) is 0 Å². The molecule has 3 aromatic rings. The van der Waals surface area contributed by atoms with Crippen molar-refractivity contribution in [3.63, 3.8) is 0 Å². The fourth-order valence-electron chi connectivity index (χ4n) is 3.49. The Kier molecular flexibility index (Phi) is 5.54. The molecular formula is C25H21NO5. The third kappa shape index (κ3) is 4.19. The second kappa shape index (κ2) is 8.44. The van der Waals surface area contributed by atoms with Crippen LogP contribution in [0.15, 0.2) is 72.8 Å². The number of amides is 1. The summed E-state index contributed by atoms with van der Waals surface area (Å²) < 4.78 is 11.4. The Morgan fingerprint density at radius 1 is 0.871 bits per heavy atom. The Morgan fingerprint density at radius 2 is 1.42 bits per heavy atom. The first-order valence-corrected chi connectivity index (χ1v) is 9.92. The summed E-state index contributed by atoms with van der Waals surface area (Å²) in [7, 11) is 0. The number of hydrogen-bond donors (Lipinski definition) is 1. The van der Waals surface area contributed by atoms with E-state index in [2.05, 4.69) is 5.32 Å². The van der Waals surface area contributed by atoms with Gasteiger partial charge in [0, 0.05) is 22.4 Å². The highest BCUT2D eigenvalue weighted by Gasteiger charge is 2.35. The van der Waals surface area contributed by atoms with Crippen molar-refractivity contribution in [1.29, 1.82) is 0 Å². The molecule has 4 rings (SSSR count). The molecule has 1 aliphatic heterocycles. The van der Waals surface area contributed by atoms with Crippen LogP contribution in [0.1, 0.15) is 41.3 Å². The maximum absolute atomic E-state index is 13.1. The summed E-state index contributed by atoms with van der Waals surface area (Å²) in [6.07, 6.45) is -1.01. The lowest BCUT2D eigenvalue weighted by atomic mass is 9.88. The number of fused-ring (bicyclic) bond motifs is 2. The largest absolute Gasteiger partial charge is 0.457 e. The quantitative estimate of drug-likeness (QED) is 0.483. The summed E-state index contributed by atoms with van der Waals surface area (Å²) in [5.74, 6) is -0.560. The van der Waals surface area contributed by atoms with Crippen LogP contribution in [0.3, 0.4) is 0 Å².